The number of imidazole rings is 1. The minimum absolute atomic E-state index is 0.0354. The Kier molecular flexibility index (Phi) is 4.38. The van der Waals surface area contributed by atoms with Gasteiger partial charge in [-0.1, -0.05) is 24.3 Å². The number of rotatable bonds is 5. The molecule has 1 aromatic heterocycles. The fraction of sp³-hybridized carbons (Fsp3) is 0.214. The van der Waals surface area contributed by atoms with Gasteiger partial charge in [0.25, 0.3) is 0 Å². The van der Waals surface area contributed by atoms with Crippen molar-refractivity contribution in [3.8, 4) is 0 Å². The van der Waals surface area contributed by atoms with Gasteiger partial charge < -0.3 is 29.2 Å². The zero-order valence-corrected chi connectivity index (χ0v) is 14.6. The molecule has 134 valence electrons. The molecule has 0 atom stereocenters. The standard InChI is InChI=1S/C14H16N2O7P2/c17-8-5-11-10-3-1-2-4-12(10)14(24(18,19)20,25(21,22)23)13(11)16-7-6-15-9-16/h1-4,6-7,9,17H,5,8H2,(H2,18,19,20)(H2,21,22,23). The second kappa shape index (κ2) is 6.00. The molecule has 25 heavy (non-hydrogen) atoms. The van der Waals surface area contributed by atoms with Crippen LogP contribution in [0.2, 0.25) is 0 Å². The lowest BCUT2D eigenvalue weighted by atomic mass is 10.0. The Balaban J connectivity index is 2.54. The summed E-state index contributed by atoms with van der Waals surface area (Å²) < 4.78 is 26.2. The van der Waals surface area contributed by atoms with Crippen LogP contribution in [-0.2, 0) is 14.0 Å². The number of allylic oxidation sites excluding steroid dienone is 1. The Morgan fingerprint density at radius 1 is 1.08 bits per heavy atom. The second-order valence-electron chi connectivity index (χ2n) is 5.58. The first-order chi connectivity index (χ1) is 11.7. The molecule has 0 amide bonds. The Morgan fingerprint density at radius 3 is 2.24 bits per heavy atom. The second-order valence-corrected chi connectivity index (χ2v) is 9.45. The van der Waals surface area contributed by atoms with Crippen LogP contribution in [0.15, 0.2) is 43.0 Å². The Morgan fingerprint density at radius 2 is 1.72 bits per heavy atom. The molecule has 0 fully saturated rings. The van der Waals surface area contributed by atoms with Gasteiger partial charge in [0.2, 0.25) is 4.90 Å². The molecule has 2 aromatic rings. The average molecular weight is 386 g/mol. The first kappa shape index (κ1) is 18.2. The summed E-state index contributed by atoms with van der Waals surface area (Å²) in [6.45, 7) is -0.361. The highest BCUT2D eigenvalue weighted by Crippen LogP contribution is 2.81. The van der Waals surface area contributed by atoms with Gasteiger partial charge >= 0.3 is 15.2 Å². The molecule has 0 bridgehead atoms. The molecular weight excluding hydrogens is 370 g/mol. The fourth-order valence-electron chi connectivity index (χ4n) is 3.37. The summed E-state index contributed by atoms with van der Waals surface area (Å²) in [7, 11) is -10.8. The van der Waals surface area contributed by atoms with E-state index in [0.717, 1.165) is 0 Å². The van der Waals surface area contributed by atoms with Gasteiger partial charge in [-0.3, -0.25) is 9.13 Å². The van der Waals surface area contributed by atoms with E-state index in [-0.39, 0.29) is 35.4 Å². The highest BCUT2D eigenvalue weighted by atomic mass is 31.2. The van der Waals surface area contributed by atoms with Crippen LogP contribution in [0.5, 0.6) is 0 Å². The predicted molar refractivity (Wildman–Crippen MR) is 89.2 cm³/mol. The zero-order valence-electron chi connectivity index (χ0n) is 12.8. The lowest BCUT2D eigenvalue weighted by Crippen LogP contribution is -2.28. The van der Waals surface area contributed by atoms with Crippen molar-refractivity contribution in [2.75, 3.05) is 6.61 Å². The Bertz CT molecular complexity index is 904. The normalized spacial score (nSPS) is 17.0. The molecule has 1 aliphatic rings. The maximum absolute atomic E-state index is 12.5. The van der Waals surface area contributed by atoms with E-state index in [1.165, 1.54) is 41.5 Å². The SMILES string of the molecule is O=P(O)(O)C1(P(=O)(O)O)C(n2ccnc2)=C(CCO)c2ccccc21. The van der Waals surface area contributed by atoms with Gasteiger partial charge in [0.1, 0.15) is 0 Å². The van der Waals surface area contributed by atoms with Crippen molar-refractivity contribution < 1.29 is 33.8 Å². The molecule has 0 saturated heterocycles. The fourth-order valence-corrected chi connectivity index (χ4v) is 6.80. The Labute approximate surface area is 142 Å². The van der Waals surface area contributed by atoms with Crippen molar-refractivity contribution in [3.05, 3.63) is 54.1 Å². The van der Waals surface area contributed by atoms with Gasteiger partial charge in [-0.15, -0.1) is 0 Å². The third-order valence-electron chi connectivity index (χ3n) is 4.21. The van der Waals surface area contributed by atoms with Gasteiger partial charge in [-0.05, 0) is 23.1 Å². The molecule has 0 radical (unpaired) electrons. The number of nitrogens with zero attached hydrogens (tertiary/aromatic N) is 2. The van der Waals surface area contributed by atoms with Crippen molar-refractivity contribution in [2.24, 2.45) is 0 Å². The van der Waals surface area contributed by atoms with Crippen LogP contribution in [0, 0.1) is 0 Å². The van der Waals surface area contributed by atoms with Crippen LogP contribution in [-0.4, -0.2) is 40.8 Å². The number of aromatic nitrogens is 2. The third kappa shape index (κ3) is 2.48. The average Bonchev–Trinajstić information content (AvgIpc) is 3.10. The van der Waals surface area contributed by atoms with Crippen LogP contribution in [0.25, 0.3) is 11.3 Å². The highest BCUT2D eigenvalue weighted by molar-refractivity contribution is 7.72. The smallest absolute Gasteiger partial charge is 0.354 e. The van der Waals surface area contributed by atoms with Crippen LogP contribution in [0.3, 0.4) is 0 Å². The van der Waals surface area contributed by atoms with E-state index >= 15 is 0 Å². The number of hydrogen-bond donors (Lipinski definition) is 5. The lowest BCUT2D eigenvalue weighted by Gasteiger charge is -2.34. The summed E-state index contributed by atoms with van der Waals surface area (Å²) in [6.07, 6.45) is 3.85. The van der Waals surface area contributed by atoms with E-state index in [2.05, 4.69) is 4.98 Å². The first-order valence-electron chi connectivity index (χ1n) is 7.20. The first-order valence-corrected chi connectivity index (χ1v) is 10.4. The molecule has 3 rings (SSSR count). The molecule has 0 spiro atoms. The number of aliphatic hydroxyl groups is 1. The molecule has 9 nitrogen and oxygen atoms in total. The molecule has 0 aliphatic heterocycles. The third-order valence-corrected chi connectivity index (χ3v) is 8.37. The lowest BCUT2D eigenvalue weighted by molar-refractivity contribution is 0.304. The van der Waals surface area contributed by atoms with E-state index in [1.54, 1.807) is 6.07 Å². The zero-order chi connectivity index (χ0) is 18.5. The molecule has 1 heterocycles. The maximum atomic E-state index is 12.5. The topological polar surface area (TPSA) is 153 Å². The van der Waals surface area contributed by atoms with Crippen molar-refractivity contribution in [2.45, 2.75) is 11.3 Å². The van der Waals surface area contributed by atoms with Crippen molar-refractivity contribution in [3.63, 3.8) is 0 Å². The highest BCUT2D eigenvalue weighted by Gasteiger charge is 2.68. The number of fused-ring (bicyclic) bond motifs is 1. The summed E-state index contributed by atoms with van der Waals surface area (Å²) in [5.74, 6) is 0. The van der Waals surface area contributed by atoms with Crippen LogP contribution in [0.4, 0.5) is 0 Å². The molecule has 0 unspecified atom stereocenters. The van der Waals surface area contributed by atoms with E-state index in [9.17, 15) is 33.8 Å². The van der Waals surface area contributed by atoms with E-state index in [1.807, 2.05) is 0 Å². The van der Waals surface area contributed by atoms with Crippen molar-refractivity contribution in [1.29, 1.82) is 0 Å². The largest absolute Gasteiger partial charge is 0.396 e. The van der Waals surface area contributed by atoms with E-state index in [4.69, 9.17) is 0 Å². The van der Waals surface area contributed by atoms with E-state index < -0.39 is 20.1 Å². The molecular formula is C14H16N2O7P2. The monoisotopic (exact) mass is 386 g/mol. The van der Waals surface area contributed by atoms with Gasteiger partial charge in [0.15, 0.2) is 0 Å². The summed E-state index contributed by atoms with van der Waals surface area (Å²) in [5.41, 5.74) is 0.111. The quantitative estimate of drug-likeness (QED) is 0.480. The van der Waals surface area contributed by atoms with Gasteiger partial charge in [0, 0.05) is 19.0 Å². The van der Waals surface area contributed by atoms with Gasteiger partial charge in [-0.25, -0.2) is 4.98 Å². The molecule has 1 aromatic carbocycles. The molecule has 0 saturated carbocycles. The molecule has 1 aliphatic carbocycles. The molecule has 11 heteroatoms. The Hall–Kier alpha value is -1.57. The van der Waals surface area contributed by atoms with Gasteiger partial charge in [0.05, 0.1) is 12.0 Å². The van der Waals surface area contributed by atoms with Crippen LogP contribution in [0.1, 0.15) is 17.5 Å². The minimum atomic E-state index is -5.41. The number of aliphatic hydroxyl groups excluding tert-OH is 1. The molecule has 5 N–H and O–H groups in total. The summed E-state index contributed by atoms with van der Waals surface area (Å²) in [5, 5.41) is 9.40. The summed E-state index contributed by atoms with van der Waals surface area (Å²) >= 11 is 0. The van der Waals surface area contributed by atoms with E-state index in [0.29, 0.717) is 0 Å². The summed E-state index contributed by atoms with van der Waals surface area (Å²) in [6, 6.07) is 5.85. The number of benzene rings is 1. The van der Waals surface area contributed by atoms with Crippen molar-refractivity contribution in [1.82, 2.24) is 9.55 Å². The maximum Gasteiger partial charge on any atom is 0.354 e. The number of hydrogen-bond acceptors (Lipinski definition) is 4. The predicted octanol–water partition coefficient (Wildman–Crippen LogP) is 1.16. The minimum Gasteiger partial charge on any atom is -0.396 e. The van der Waals surface area contributed by atoms with Gasteiger partial charge in [-0.2, -0.15) is 0 Å². The van der Waals surface area contributed by atoms with Crippen molar-refractivity contribution >= 4 is 26.5 Å². The van der Waals surface area contributed by atoms with Crippen LogP contribution < -0.4 is 0 Å². The summed E-state index contributed by atoms with van der Waals surface area (Å²) in [4.78, 5) is 41.3. The van der Waals surface area contributed by atoms with Crippen LogP contribution >= 0.6 is 15.2 Å².